The highest BCUT2D eigenvalue weighted by atomic mass is 32.2. The molecule has 1 N–H and O–H groups in total. The predicted molar refractivity (Wildman–Crippen MR) is 101 cm³/mol. The minimum atomic E-state index is -3.63. The third-order valence-corrected chi connectivity index (χ3v) is 5.29. The van der Waals surface area contributed by atoms with Gasteiger partial charge in [-0.25, -0.2) is 13.1 Å². The van der Waals surface area contributed by atoms with Crippen molar-refractivity contribution in [3.05, 3.63) is 59.2 Å². The summed E-state index contributed by atoms with van der Waals surface area (Å²) in [6.07, 6.45) is 0. The van der Waals surface area contributed by atoms with Gasteiger partial charge in [-0.3, -0.25) is 4.79 Å². The van der Waals surface area contributed by atoms with E-state index in [0.717, 1.165) is 11.1 Å². The van der Waals surface area contributed by atoms with Crippen LogP contribution in [0.3, 0.4) is 0 Å². The van der Waals surface area contributed by atoms with Gasteiger partial charge in [-0.2, -0.15) is 0 Å². The lowest BCUT2D eigenvalue weighted by atomic mass is 10.2. The molecule has 0 unspecified atom stereocenters. The van der Waals surface area contributed by atoms with Crippen LogP contribution in [0.15, 0.2) is 47.4 Å². The smallest absolute Gasteiger partial charge is 0.259 e. The SMILES string of the molecule is Cc1ccc(CNS(=O)(=O)c2ccc(OCC(=O)N(C)C)c(C)c2)cc1. The first-order chi connectivity index (χ1) is 12.2. The first kappa shape index (κ1) is 19.9. The highest BCUT2D eigenvalue weighted by molar-refractivity contribution is 7.89. The molecule has 2 aromatic rings. The minimum Gasteiger partial charge on any atom is -0.483 e. The predicted octanol–water partition coefficient (Wildman–Crippen LogP) is 2.25. The van der Waals surface area contributed by atoms with Crippen LogP contribution >= 0.6 is 0 Å². The quantitative estimate of drug-likeness (QED) is 0.804. The Morgan fingerprint density at radius 1 is 1.08 bits per heavy atom. The van der Waals surface area contributed by atoms with Crippen LogP contribution < -0.4 is 9.46 Å². The van der Waals surface area contributed by atoms with Crippen molar-refractivity contribution in [2.24, 2.45) is 0 Å². The Kier molecular flexibility index (Phi) is 6.39. The number of carbonyl (C=O) groups is 1. The van der Waals surface area contributed by atoms with Crippen molar-refractivity contribution < 1.29 is 17.9 Å². The van der Waals surface area contributed by atoms with Crippen molar-refractivity contribution in [3.8, 4) is 5.75 Å². The summed E-state index contributed by atoms with van der Waals surface area (Å²) in [5.41, 5.74) is 2.66. The fraction of sp³-hybridized carbons (Fsp3) is 0.316. The molecule has 7 heteroatoms. The topological polar surface area (TPSA) is 75.7 Å². The molecule has 0 spiro atoms. The monoisotopic (exact) mass is 376 g/mol. The molecular formula is C19H24N2O4S. The largest absolute Gasteiger partial charge is 0.483 e. The number of nitrogens with one attached hydrogen (secondary N) is 1. The Hall–Kier alpha value is -2.38. The molecule has 0 saturated carbocycles. The van der Waals surface area contributed by atoms with Crippen LogP contribution in [0.4, 0.5) is 0 Å². The van der Waals surface area contributed by atoms with E-state index in [1.54, 1.807) is 27.1 Å². The number of nitrogens with zero attached hydrogens (tertiary/aromatic N) is 1. The zero-order valence-electron chi connectivity index (χ0n) is 15.4. The number of aryl methyl sites for hydroxylation is 2. The molecule has 0 bridgehead atoms. The first-order valence-corrected chi connectivity index (χ1v) is 9.66. The highest BCUT2D eigenvalue weighted by Crippen LogP contribution is 2.22. The van der Waals surface area contributed by atoms with Gasteiger partial charge in [-0.15, -0.1) is 0 Å². The maximum Gasteiger partial charge on any atom is 0.259 e. The molecule has 140 valence electrons. The molecule has 0 fully saturated rings. The van der Waals surface area contributed by atoms with Crippen molar-refractivity contribution in [3.63, 3.8) is 0 Å². The number of benzene rings is 2. The van der Waals surface area contributed by atoms with E-state index in [1.807, 2.05) is 31.2 Å². The maximum absolute atomic E-state index is 12.5. The Bertz CT molecular complexity index is 875. The van der Waals surface area contributed by atoms with Crippen LogP contribution in [0.5, 0.6) is 5.75 Å². The van der Waals surface area contributed by atoms with Gasteiger partial charge in [-0.1, -0.05) is 29.8 Å². The van der Waals surface area contributed by atoms with Crippen LogP contribution in [0.25, 0.3) is 0 Å². The second-order valence-electron chi connectivity index (χ2n) is 6.31. The second-order valence-corrected chi connectivity index (χ2v) is 8.08. The molecule has 0 aromatic heterocycles. The van der Waals surface area contributed by atoms with E-state index in [1.165, 1.54) is 17.0 Å². The molecule has 0 aliphatic heterocycles. The molecule has 0 radical (unpaired) electrons. The van der Waals surface area contributed by atoms with E-state index in [0.29, 0.717) is 11.3 Å². The number of carbonyl (C=O) groups excluding carboxylic acids is 1. The molecule has 26 heavy (non-hydrogen) atoms. The van der Waals surface area contributed by atoms with Crippen LogP contribution in [0, 0.1) is 13.8 Å². The zero-order valence-corrected chi connectivity index (χ0v) is 16.3. The molecule has 2 aromatic carbocycles. The Labute approximate surface area is 154 Å². The normalized spacial score (nSPS) is 11.2. The van der Waals surface area contributed by atoms with E-state index in [2.05, 4.69) is 4.72 Å². The molecular weight excluding hydrogens is 352 g/mol. The van der Waals surface area contributed by atoms with Gasteiger partial charge < -0.3 is 9.64 Å². The summed E-state index contributed by atoms with van der Waals surface area (Å²) >= 11 is 0. The second kappa shape index (κ2) is 8.33. The molecule has 2 rings (SSSR count). The number of likely N-dealkylation sites (N-methyl/N-ethyl adjacent to an activating group) is 1. The molecule has 0 aliphatic carbocycles. The molecule has 0 heterocycles. The van der Waals surface area contributed by atoms with Crippen LogP contribution in [0.1, 0.15) is 16.7 Å². The number of rotatable bonds is 7. The van der Waals surface area contributed by atoms with Gasteiger partial charge >= 0.3 is 0 Å². The van der Waals surface area contributed by atoms with Crippen LogP contribution in [-0.4, -0.2) is 39.9 Å². The number of ether oxygens (including phenoxy) is 1. The number of hydrogen-bond donors (Lipinski definition) is 1. The van der Waals surface area contributed by atoms with Gasteiger partial charge in [-0.05, 0) is 43.2 Å². The summed E-state index contributed by atoms with van der Waals surface area (Å²) in [7, 11) is -0.340. The Morgan fingerprint density at radius 2 is 1.73 bits per heavy atom. The van der Waals surface area contributed by atoms with Gasteiger partial charge in [0.1, 0.15) is 5.75 Å². The highest BCUT2D eigenvalue weighted by Gasteiger charge is 2.16. The van der Waals surface area contributed by atoms with Crippen molar-refractivity contribution in [1.82, 2.24) is 9.62 Å². The summed E-state index contributed by atoms with van der Waals surface area (Å²) in [5.74, 6) is 0.318. The number of sulfonamides is 1. The number of hydrogen-bond acceptors (Lipinski definition) is 4. The fourth-order valence-corrected chi connectivity index (χ4v) is 3.29. The van der Waals surface area contributed by atoms with Crippen molar-refractivity contribution >= 4 is 15.9 Å². The molecule has 1 amide bonds. The van der Waals surface area contributed by atoms with Crippen molar-refractivity contribution in [2.75, 3.05) is 20.7 Å². The van der Waals surface area contributed by atoms with Crippen molar-refractivity contribution in [1.29, 1.82) is 0 Å². The van der Waals surface area contributed by atoms with E-state index >= 15 is 0 Å². The van der Waals surface area contributed by atoms with E-state index in [9.17, 15) is 13.2 Å². The summed E-state index contributed by atoms with van der Waals surface area (Å²) in [5, 5.41) is 0. The Morgan fingerprint density at radius 3 is 2.31 bits per heavy atom. The average molecular weight is 376 g/mol. The van der Waals surface area contributed by atoms with E-state index < -0.39 is 10.0 Å². The van der Waals surface area contributed by atoms with Crippen molar-refractivity contribution in [2.45, 2.75) is 25.3 Å². The van der Waals surface area contributed by atoms with E-state index in [4.69, 9.17) is 4.74 Å². The molecule has 0 saturated heterocycles. The van der Waals surface area contributed by atoms with Gasteiger partial charge in [0, 0.05) is 20.6 Å². The third-order valence-electron chi connectivity index (χ3n) is 3.89. The first-order valence-electron chi connectivity index (χ1n) is 8.18. The lowest BCUT2D eigenvalue weighted by Crippen LogP contribution is -2.27. The maximum atomic E-state index is 12.5. The minimum absolute atomic E-state index is 0.0917. The summed E-state index contributed by atoms with van der Waals surface area (Å²) in [6, 6.07) is 12.2. The average Bonchev–Trinajstić information content (AvgIpc) is 2.59. The molecule has 0 aliphatic rings. The number of amides is 1. The van der Waals surface area contributed by atoms with Crippen LogP contribution in [0.2, 0.25) is 0 Å². The summed E-state index contributed by atoms with van der Waals surface area (Å²) in [6.45, 7) is 3.85. The Balaban J connectivity index is 2.06. The standard InChI is InChI=1S/C19H24N2O4S/c1-14-5-7-16(8-6-14)12-20-26(23,24)17-9-10-18(15(2)11-17)25-13-19(22)21(3)4/h5-11,20H,12-13H2,1-4H3. The third kappa shape index (κ3) is 5.31. The summed E-state index contributed by atoms with van der Waals surface area (Å²) in [4.78, 5) is 13.2. The lowest BCUT2D eigenvalue weighted by molar-refractivity contribution is -0.130. The van der Waals surface area contributed by atoms with Gasteiger partial charge in [0.2, 0.25) is 10.0 Å². The van der Waals surface area contributed by atoms with Gasteiger partial charge in [0.05, 0.1) is 4.90 Å². The van der Waals surface area contributed by atoms with Crippen LogP contribution in [-0.2, 0) is 21.4 Å². The molecule has 0 atom stereocenters. The zero-order chi connectivity index (χ0) is 19.3. The van der Waals surface area contributed by atoms with E-state index in [-0.39, 0.29) is 24.0 Å². The molecule has 6 nitrogen and oxygen atoms in total. The van der Waals surface area contributed by atoms with Gasteiger partial charge in [0.25, 0.3) is 5.91 Å². The fourth-order valence-electron chi connectivity index (χ4n) is 2.19. The van der Waals surface area contributed by atoms with Gasteiger partial charge in [0.15, 0.2) is 6.61 Å². The lowest BCUT2D eigenvalue weighted by Gasteiger charge is -2.14. The summed E-state index contributed by atoms with van der Waals surface area (Å²) < 4.78 is 33.0.